The molecular formula is C24H25ClN4O. The standard InChI is InChI=1S/C24H25ClN4O/c25-22-8-4-5-9-23(22)29-16-18(14-26-29)24(30)27-19-12-20-10-11-21(13-19)28(20)15-17-6-2-1-3-7-17/h1-9,14,16,19-21H,10-13,15H2,(H,27,30). The molecule has 1 aromatic heterocycles. The summed E-state index contributed by atoms with van der Waals surface area (Å²) in [5.41, 5.74) is 2.70. The molecule has 1 N–H and O–H groups in total. The Bertz CT molecular complexity index is 1020. The van der Waals surface area contributed by atoms with Crippen LogP contribution in [0.3, 0.4) is 0 Å². The van der Waals surface area contributed by atoms with Crippen molar-refractivity contribution < 1.29 is 4.79 Å². The summed E-state index contributed by atoms with van der Waals surface area (Å²) in [4.78, 5) is 15.5. The molecule has 3 aromatic rings. The van der Waals surface area contributed by atoms with Gasteiger partial charge in [-0.25, -0.2) is 4.68 Å². The number of carbonyl (C=O) groups is 1. The van der Waals surface area contributed by atoms with E-state index in [1.165, 1.54) is 18.4 Å². The molecular weight excluding hydrogens is 396 g/mol. The van der Waals surface area contributed by atoms with Gasteiger partial charge < -0.3 is 5.32 Å². The molecule has 0 radical (unpaired) electrons. The van der Waals surface area contributed by atoms with Crippen LogP contribution in [0.2, 0.25) is 5.02 Å². The summed E-state index contributed by atoms with van der Waals surface area (Å²) in [5, 5.41) is 8.18. The van der Waals surface area contributed by atoms with E-state index in [1.54, 1.807) is 17.1 Å². The number of hydrogen-bond acceptors (Lipinski definition) is 3. The van der Waals surface area contributed by atoms with Crippen LogP contribution in [-0.4, -0.2) is 38.7 Å². The summed E-state index contributed by atoms with van der Waals surface area (Å²) in [6.45, 7) is 1.00. The minimum atomic E-state index is -0.0609. The zero-order chi connectivity index (χ0) is 20.5. The van der Waals surface area contributed by atoms with Crippen LogP contribution in [0.25, 0.3) is 5.69 Å². The highest BCUT2D eigenvalue weighted by atomic mass is 35.5. The molecule has 5 rings (SSSR count). The molecule has 2 saturated heterocycles. The SMILES string of the molecule is O=C(NC1CC2CCC(C1)N2Cc1ccccc1)c1cnn(-c2ccccc2Cl)c1. The fourth-order valence-corrected chi connectivity index (χ4v) is 5.14. The van der Waals surface area contributed by atoms with Crippen molar-refractivity contribution in [2.45, 2.75) is 50.4 Å². The van der Waals surface area contributed by atoms with Gasteiger partial charge in [0.1, 0.15) is 0 Å². The highest BCUT2D eigenvalue weighted by Crippen LogP contribution is 2.37. The summed E-state index contributed by atoms with van der Waals surface area (Å²) in [5.74, 6) is -0.0609. The maximum Gasteiger partial charge on any atom is 0.254 e. The third-order valence-corrected chi connectivity index (χ3v) is 6.69. The lowest BCUT2D eigenvalue weighted by Crippen LogP contribution is -2.49. The summed E-state index contributed by atoms with van der Waals surface area (Å²) in [7, 11) is 0. The van der Waals surface area contributed by atoms with Gasteiger partial charge in [-0.1, -0.05) is 54.1 Å². The molecule has 30 heavy (non-hydrogen) atoms. The molecule has 154 valence electrons. The first kappa shape index (κ1) is 19.3. The minimum Gasteiger partial charge on any atom is -0.349 e. The minimum absolute atomic E-state index is 0.0609. The fourth-order valence-electron chi connectivity index (χ4n) is 4.92. The molecule has 2 aliphatic rings. The largest absolute Gasteiger partial charge is 0.349 e. The Kier molecular flexibility index (Phi) is 5.32. The lowest BCUT2D eigenvalue weighted by molar-refractivity contribution is 0.0828. The van der Waals surface area contributed by atoms with E-state index in [-0.39, 0.29) is 11.9 Å². The fraction of sp³-hybridized carbons (Fsp3) is 0.333. The van der Waals surface area contributed by atoms with Crippen LogP contribution < -0.4 is 5.32 Å². The van der Waals surface area contributed by atoms with Crippen LogP contribution >= 0.6 is 11.6 Å². The Morgan fingerprint density at radius 3 is 2.47 bits per heavy atom. The number of piperidine rings is 1. The van der Waals surface area contributed by atoms with Crippen LogP contribution in [0.15, 0.2) is 67.0 Å². The Hall–Kier alpha value is -2.63. The Morgan fingerprint density at radius 2 is 1.73 bits per heavy atom. The van der Waals surface area contributed by atoms with Crippen molar-refractivity contribution in [3.05, 3.63) is 83.1 Å². The number of carbonyl (C=O) groups excluding carboxylic acids is 1. The normalized spacial score (nSPS) is 23.4. The maximum absolute atomic E-state index is 12.8. The van der Waals surface area contributed by atoms with E-state index in [1.807, 2.05) is 24.3 Å². The first-order chi connectivity index (χ1) is 14.7. The lowest BCUT2D eigenvalue weighted by atomic mass is 9.96. The number of nitrogens with one attached hydrogen (secondary N) is 1. The lowest BCUT2D eigenvalue weighted by Gasteiger charge is -2.39. The Morgan fingerprint density at radius 1 is 1.03 bits per heavy atom. The molecule has 5 nitrogen and oxygen atoms in total. The second-order valence-electron chi connectivity index (χ2n) is 8.31. The predicted octanol–water partition coefficient (Wildman–Crippen LogP) is 4.45. The molecule has 2 aromatic carbocycles. The molecule has 1 amide bonds. The van der Waals surface area contributed by atoms with Crippen LogP contribution in [0.1, 0.15) is 41.6 Å². The Balaban J connectivity index is 1.23. The zero-order valence-electron chi connectivity index (χ0n) is 16.7. The number of rotatable bonds is 5. The van der Waals surface area contributed by atoms with E-state index in [4.69, 9.17) is 11.6 Å². The van der Waals surface area contributed by atoms with Crippen LogP contribution in [0.4, 0.5) is 0 Å². The molecule has 6 heteroatoms. The number of halogens is 1. The van der Waals surface area contributed by atoms with E-state index in [0.29, 0.717) is 22.7 Å². The molecule has 2 bridgehead atoms. The number of para-hydroxylation sites is 1. The van der Waals surface area contributed by atoms with Gasteiger partial charge in [0.05, 0.1) is 22.5 Å². The van der Waals surface area contributed by atoms with Crippen LogP contribution in [-0.2, 0) is 6.54 Å². The number of fused-ring (bicyclic) bond motifs is 2. The first-order valence-electron chi connectivity index (χ1n) is 10.6. The van der Waals surface area contributed by atoms with Gasteiger partial charge in [-0.15, -0.1) is 0 Å². The zero-order valence-corrected chi connectivity index (χ0v) is 17.5. The predicted molar refractivity (Wildman–Crippen MR) is 118 cm³/mol. The van der Waals surface area contributed by atoms with Crippen molar-refractivity contribution in [1.82, 2.24) is 20.0 Å². The molecule has 3 heterocycles. The monoisotopic (exact) mass is 420 g/mol. The van der Waals surface area contributed by atoms with E-state index < -0.39 is 0 Å². The third kappa shape index (κ3) is 3.87. The van der Waals surface area contributed by atoms with E-state index in [0.717, 1.165) is 25.1 Å². The first-order valence-corrected chi connectivity index (χ1v) is 11.0. The van der Waals surface area contributed by atoms with Crippen molar-refractivity contribution in [2.75, 3.05) is 0 Å². The van der Waals surface area contributed by atoms with E-state index >= 15 is 0 Å². The van der Waals surface area contributed by atoms with E-state index in [9.17, 15) is 4.79 Å². The second-order valence-corrected chi connectivity index (χ2v) is 8.72. The Labute approximate surface area is 181 Å². The van der Waals surface area contributed by atoms with Gasteiger partial charge >= 0.3 is 0 Å². The smallest absolute Gasteiger partial charge is 0.254 e. The molecule has 0 saturated carbocycles. The number of amides is 1. The van der Waals surface area contributed by atoms with Crippen molar-refractivity contribution in [3.63, 3.8) is 0 Å². The summed E-state index contributed by atoms with van der Waals surface area (Å²) in [6, 6.07) is 19.4. The van der Waals surface area contributed by atoms with Gasteiger partial charge in [-0.2, -0.15) is 5.10 Å². The summed E-state index contributed by atoms with van der Waals surface area (Å²) in [6.07, 6.45) is 7.80. The number of benzene rings is 2. The topological polar surface area (TPSA) is 50.2 Å². The highest BCUT2D eigenvalue weighted by Gasteiger charge is 2.41. The molecule has 2 unspecified atom stereocenters. The average molecular weight is 421 g/mol. The van der Waals surface area contributed by atoms with Crippen LogP contribution in [0, 0.1) is 0 Å². The summed E-state index contributed by atoms with van der Waals surface area (Å²) >= 11 is 6.25. The molecule has 2 aliphatic heterocycles. The maximum atomic E-state index is 12.8. The highest BCUT2D eigenvalue weighted by molar-refractivity contribution is 6.32. The summed E-state index contributed by atoms with van der Waals surface area (Å²) < 4.78 is 1.66. The van der Waals surface area contributed by atoms with Gasteiger partial charge in [-0.05, 0) is 43.4 Å². The van der Waals surface area contributed by atoms with Gasteiger partial charge in [0.2, 0.25) is 0 Å². The molecule has 2 fully saturated rings. The van der Waals surface area contributed by atoms with Gasteiger partial charge in [0.25, 0.3) is 5.91 Å². The van der Waals surface area contributed by atoms with Gasteiger partial charge in [0, 0.05) is 30.9 Å². The number of hydrogen-bond donors (Lipinski definition) is 1. The third-order valence-electron chi connectivity index (χ3n) is 6.37. The molecule has 0 aliphatic carbocycles. The number of aromatic nitrogens is 2. The quantitative estimate of drug-likeness (QED) is 0.663. The van der Waals surface area contributed by atoms with Gasteiger partial charge in [-0.3, -0.25) is 9.69 Å². The second kappa shape index (κ2) is 8.25. The average Bonchev–Trinajstić information content (AvgIpc) is 3.32. The molecule has 2 atom stereocenters. The van der Waals surface area contributed by atoms with Crippen molar-refractivity contribution in [2.24, 2.45) is 0 Å². The number of nitrogens with zero attached hydrogens (tertiary/aromatic N) is 3. The van der Waals surface area contributed by atoms with Crippen molar-refractivity contribution in [3.8, 4) is 5.69 Å². The van der Waals surface area contributed by atoms with Crippen molar-refractivity contribution >= 4 is 17.5 Å². The van der Waals surface area contributed by atoms with Gasteiger partial charge in [0.15, 0.2) is 0 Å². The molecule has 0 spiro atoms. The van der Waals surface area contributed by atoms with E-state index in [2.05, 4.69) is 45.6 Å². The van der Waals surface area contributed by atoms with Crippen molar-refractivity contribution in [1.29, 1.82) is 0 Å². The van der Waals surface area contributed by atoms with Crippen LogP contribution in [0.5, 0.6) is 0 Å².